The minimum absolute atomic E-state index is 0.00927. The van der Waals surface area contributed by atoms with Crippen LogP contribution in [0.4, 0.5) is 20.5 Å². The van der Waals surface area contributed by atoms with Gasteiger partial charge in [-0.25, -0.2) is 4.98 Å². The number of carbonyl (C=O) groups is 1. The van der Waals surface area contributed by atoms with Gasteiger partial charge in [0.2, 0.25) is 5.95 Å². The molecule has 2 aromatic carbocycles. The average Bonchev–Trinajstić information content (AvgIpc) is 2.79. The van der Waals surface area contributed by atoms with Gasteiger partial charge in [-0.2, -0.15) is 13.8 Å². The molecule has 3 aromatic rings. The van der Waals surface area contributed by atoms with Crippen molar-refractivity contribution in [2.24, 2.45) is 0 Å². The predicted octanol–water partition coefficient (Wildman–Crippen LogP) is 5.16. The molecule has 1 aliphatic carbocycles. The van der Waals surface area contributed by atoms with Crippen molar-refractivity contribution in [1.82, 2.24) is 15.3 Å². The summed E-state index contributed by atoms with van der Waals surface area (Å²) in [6.45, 7) is 0. The van der Waals surface area contributed by atoms with Gasteiger partial charge in [0, 0.05) is 36.5 Å². The number of benzene rings is 2. The molecule has 0 atom stereocenters. The van der Waals surface area contributed by atoms with E-state index in [9.17, 15) is 13.6 Å². The lowest BCUT2D eigenvalue weighted by Gasteiger charge is -2.30. The highest BCUT2D eigenvalue weighted by Crippen LogP contribution is 2.29. The summed E-state index contributed by atoms with van der Waals surface area (Å²) in [4.78, 5) is 24.4. The molecule has 0 unspecified atom stereocenters. The van der Waals surface area contributed by atoms with E-state index >= 15 is 0 Å². The van der Waals surface area contributed by atoms with Crippen LogP contribution in [0.15, 0.2) is 53.4 Å². The minimum atomic E-state index is -2.56. The molecule has 174 valence electrons. The van der Waals surface area contributed by atoms with E-state index in [1.54, 1.807) is 24.3 Å². The second-order valence-electron chi connectivity index (χ2n) is 8.32. The van der Waals surface area contributed by atoms with Crippen molar-refractivity contribution in [3.8, 4) is 0 Å². The summed E-state index contributed by atoms with van der Waals surface area (Å²) < 4.78 is 25.6. The number of aromatic nitrogens is 2. The molecule has 1 fully saturated rings. The zero-order valence-electron chi connectivity index (χ0n) is 18.6. The van der Waals surface area contributed by atoms with Crippen molar-refractivity contribution in [2.75, 3.05) is 24.3 Å². The van der Waals surface area contributed by atoms with Gasteiger partial charge in [-0.15, -0.1) is 0 Å². The van der Waals surface area contributed by atoms with Crippen molar-refractivity contribution in [2.45, 2.75) is 48.4 Å². The number of alkyl halides is 2. The number of nitrogens with zero attached hydrogens (tertiary/aromatic N) is 3. The number of para-hydroxylation sites is 1. The number of halogens is 2. The molecule has 0 bridgehead atoms. The maximum absolute atomic E-state index is 12.8. The third-order valence-corrected chi connectivity index (χ3v) is 6.54. The van der Waals surface area contributed by atoms with E-state index in [1.165, 1.54) is 0 Å². The molecule has 9 heteroatoms. The molecule has 1 heterocycles. The van der Waals surface area contributed by atoms with Gasteiger partial charge in [0.15, 0.2) is 0 Å². The van der Waals surface area contributed by atoms with Crippen molar-refractivity contribution >= 4 is 40.3 Å². The first-order chi connectivity index (χ1) is 15.9. The third-order valence-electron chi connectivity index (χ3n) is 5.75. The Morgan fingerprint density at radius 2 is 1.67 bits per heavy atom. The van der Waals surface area contributed by atoms with Gasteiger partial charge in [0.25, 0.3) is 11.7 Å². The molecule has 33 heavy (non-hydrogen) atoms. The van der Waals surface area contributed by atoms with Crippen LogP contribution in [0.2, 0.25) is 0 Å². The van der Waals surface area contributed by atoms with Gasteiger partial charge in [-0.1, -0.05) is 36.0 Å². The summed E-state index contributed by atoms with van der Waals surface area (Å²) in [5, 5.41) is 7.48. The maximum Gasteiger partial charge on any atom is 0.288 e. The fourth-order valence-corrected chi connectivity index (χ4v) is 4.78. The molecule has 0 aliphatic heterocycles. The SMILES string of the molecule is CN(C)c1nc(NC2CCC(NC(=O)c3ccccc3SC(F)F)CC2)nc2ccccc12. The standard InChI is InChI=1S/C24H27F2N5OS/c1-31(2)21-17-7-3-5-9-19(17)29-24(30-21)28-16-13-11-15(12-14-16)27-22(32)18-8-4-6-10-20(18)33-23(25)26/h3-10,15-16,23H,11-14H2,1-2H3,(H,27,32)(H,28,29,30). The lowest BCUT2D eigenvalue weighted by molar-refractivity contribution is 0.0923. The van der Waals surface area contributed by atoms with E-state index in [1.807, 2.05) is 43.3 Å². The summed E-state index contributed by atoms with van der Waals surface area (Å²) in [6, 6.07) is 14.6. The number of nitrogens with one attached hydrogen (secondary N) is 2. The van der Waals surface area contributed by atoms with E-state index in [0.29, 0.717) is 28.2 Å². The Balaban J connectivity index is 1.37. The van der Waals surface area contributed by atoms with Crippen LogP contribution in [0.1, 0.15) is 36.0 Å². The summed E-state index contributed by atoms with van der Waals surface area (Å²) in [6.07, 6.45) is 3.29. The lowest BCUT2D eigenvalue weighted by Crippen LogP contribution is -2.40. The van der Waals surface area contributed by atoms with E-state index in [4.69, 9.17) is 4.98 Å². The van der Waals surface area contributed by atoms with Gasteiger partial charge in [0.05, 0.1) is 11.1 Å². The summed E-state index contributed by atoms with van der Waals surface area (Å²) >= 11 is 0.399. The predicted molar refractivity (Wildman–Crippen MR) is 129 cm³/mol. The van der Waals surface area contributed by atoms with Crippen LogP contribution in [-0.4, -0.2) is 47.8 Å². The van der Waals surface area contributed by atoms with Crippen LogP contribution >= 0.6 is 11.8 Å². The van der Waals surface area contributed by atoms with Crippen molar-refractivity contribution < 1.29 is 13.6 Å². The molecular formula is C24H27F2N5OS. The second-order valence-corrected chi connectivity index (χ2v) is 9.36. The maximum atomic E-state index is 12.8. The number of carbonyl (C=O) groups excluding carboxylic acids is 1. The number of hydrogen-bond donors (Lipinski definition) is 2. The van der Waals surface area contributed by atoms with Gasteiger partial charge >= 0.3 is 0 Å². The summed E-state index contributed by atoms with van der Waals surface area (Å²) in [5.41, 5.74) is 1.18. The van der Waals surface area contributed by atoms with Crippen LogP contribution in [0.5, 0.6) is 0 Å². The highest BCUT2D eigenvalue weighted by molar-refractivity contribution is 7.99. The minimum Gasteiger partial charge on any atom is -0.362 e. The molecule has 1 aliphatic rings. The Morgan fingerprint density at radius 3 is 2.39 bits per heavy atom. The third kappa shape index (κ3) is 5.71. The van der Waals surface area contributed by atoms with Gasteiger partial charge < -0.3 is 15.5 Å². The first-order valence-corrected chi connectivity index (χ1v) is 11.8. The first kappa shape index (κ1) is 23.2. The normalized spacial score (nSPS) is 18.3. The molecule has 0 radical (unpaired) electrons. The number of amides is 1. The molecular weight excluding hydrogens is 444 g/mol. The molecule has 4 rings (SSSR count). The van der Waals surface area contributed by atoms with Crippen molar-refractivity contribution in [1.29, 1.82) is 0 Å². The molecule has 0 spiro atoms. The molecule has 6 nitrogen and oxygen atoms in total. The van der Waals surface area contributed by atoms with Crippen LogP contribution in [-0.2, 0) is 0 Å². The zero-order chi connectivity index (χ0) is 23.4. The fraction of sp³-hybridized carbons (Fsp3) is 0.375. The molecule has 1 aromatic heterocycles. The summed E-state index contributed by atoms with van der Waals surface area (Å²) in [7, 11) is 3.93. The first-order valence-electron chi connectivity index (χ1n) is 11.0. The molecule has 1 saturated carbocycles. The van der Waals surface area contributed by atoms with E-state index in [-0.39, 0.29) is 18.0 Å². The quantitative estimate of drug-likeness (QED) is 0.464. The van der Waals surface area contributed by atoms with Crippen LogP contribution in [0.25, 0.3) is 10.9 Å². The molecule has 2 N–H and O–H groups in total. The highest BCUT2D eigenvalue weighted by atomic mass is 32.2. The molecule has 0 saturated heterocycles. The van der Waals surface area contributed by atoms with Gasteiger partial charge in [0.1, 0.15) is 5.82 Å². The topological polar surface area (TPSA) is 70.2 Å². The van der Waals surface area contributed by atoms with Gasteiger partial charge in [-0.05, 0) is 49.9 Å². The Kier molecular flexibility index (Phi) is 7.27. The van der Waals surface area contributed by atoms with E-state index < -0.39 is 5.76 Å². The van der Waals surface area contributed by atoms with Crippen LogP contribution < -0.4 is 15.5 Å². The Labute approximate surface area is 196 Å². The average molecular weight is 472 g/mol. The number of anilines is 2. The number of thioether (sulfide) groups is 1. The van der Waals surface area contributed by atoms with Gasteiger partial charge in [-0.3, -0.25) is 4.79 Å². The van der Waals surface area contributed by atoms with E-state index in [2.05, 4.69) is 15.6 Å². The molecule has 1 amide bonds. The van der Waals surface area contributed by atoms with Crippen molar-refractivity contribution in [3.05, 3.63) is 54.1 Å². The summed E-state index contributed by atoms with van der Waals surface area (Å²) in [5.74, 6) is -1.40. The lowest BCUT2D eigenvalue weighted by atomic mass is 9.91. The Hall–Kier alpha value is -2.94. The fourth-order valence-electron chi connectivity index (χ4n) is 4.15. The van der Waals surface area contributed by atoms with Crippen LogP contribution in [0.3, 0.4) is 0 Å². The van der Waals surface area contributed by atoms with Crippen LogP contribution in [0, 0.1) is 0 Å². The number of rotatable bonds is 7. The Morgan fingerprint density at radius 1 is 1.00 bits per heavy atom. The van der Waals surface area contributed by atoms with E-state index in [0.717, 1.165) is 42.4 Å². The number of hydrogen-bond acceptors (Lipinski definition) is 6. The monoisotopic (exact) mass is 471 g/mol. The highest BCUT2D eigenvalue weighted by Gasteiger charge is 2.25. The zero-order valence-corrected chi connectivity index (χ0v) is 19.4. The number of fused-ring (bicyclic) bond motifs is 1. The largest absolute Gasteiger partial charge is 0.362 e. The smallest absolute Gasteiger partial charge is 0.288 e. The Bertz CT molecular complexity index is 1120. The van der Waals surface area contributed by atoms with Crippen molar-refractivity contribution in [3.63, 3.8) is 0 Å². The second kappa shape index (κ2) is 10.3.